The number of benzene rings is 1. The molecule has 1 atom stereocenters. The van der Waals surface area contributed by atoms with Crippen LogP contribution in [0.4, 0.5) is 4.39 Å². The summed E-state index contributed by atoms with van der Waals surface area (Å²) in [6.45, 7) is 4.91. The second kappa shape index (κ2) is 7.29. The molecule has 2 N–H and O–H groups in total. The Hall–Kier alpha value is -2.67. The lowest BCUT2D eigenvalue weighted by molar-refractivity contribution is 0.0642. The lowest BCUT2D eigenvalue weighted by Gasteiger charge is -2.24. The number of carboxylic acid groups (broad SMARTS) is 1. The summed E-state index contributed by atoms with van der Waals surface area (Å²) in [5.74, 6) is -1.72. The quantitative estimate of drug-likeness (QED) is 0.859. The van der Waals surface area contributed by atoms with Gasteiger partial charge in [0.1, 0.15) is 11.5 Å². The van der Waals surface area contributed by atoms with Crippen molar-refractivity contribution in [2.75, 3.05) is 6.61 Å². The van der Waals surface area contributed by atoms with E-state index in [1.807, 2.05) is 13.8 Å². The number of ether oxygens (including phenoxy) is 1. The molecule has 0 fully saturated rings. The smallest absolute Gasteiger partial charge is 0.352 e. The van der Waals surface area contributed by atoms with Crippen molar-refractivity contribution in [1.29, 1.82) is 0 Å². The molecular weight excluding hydrogens is 339 g/mol. The van der Waals surface area contributed by atoms with Crippen LogP contribution in [0.3, 0.4) is 0 Å². The zero-order valence-corrected chi connectivity index (χ0v) is 14.7. The van der Waals surface area contributed by atoms with E-state index in [1.165, 1.54) is 18.2 Å². The number of nitrogens with one attached hydrogen (secondary N) is 1. The zero-order chi connectivity index (χ0) is 18.8. The van der Waals surface area contributed by atoms with Gasteiger partial charge in [-0.2, -0.15) is 0 Å². The Morgan fingerprint density at radius 2 is 1.96 bits per heavy atom. The molecule has 0 aliphatic carbocycles. The van der Waals surface area contributed by atoms with Gasteiger partial charge in [-0.15, -0.1) is 0 Å². The van der Waals surface area contributed by atoms with Crippen LogP contribution in [0.25, 0.3) is 0 Å². The molecule has 26 heavy (non-hydrogen) atoms. The molecule has 0 unspecified atom stereocenters. The van der Waals surface area contributed by atoms with Crippen LogP contribution >= 0.6 is 0 Å². The van der Waals surface area contributed by atoms with E-state index < -0.39 is 5.97 Å². The molecule has 0 bridgehead atoms. The molecule has 0 saturated heterocycles. The van der Waals surface area contributed by atoms with Crippen molar-refractivity contribution in [1.82, 2.24) is 9.88 Å². The Kier molecular flexibility index (Phi) is 5.08. The maximum absolute atomic E-state index is 13.2. The molecule has 6 nitrogen and oxygen atoms in total. The van der Waals surface area contributed by atoms with Crippen LogP contribution in [0.5, 0.6) is 0 Å². The first-order valence-corrected chi connectivity index (χ1v) is 8.48. The normalized spacial score (nSPS) is 14.8. The van der Waals surface area contributed by atoms with Crippen molar-refractivity contribution < 1.29 is 23.8 Å². The predicted molar refractivity (Wildman–Crippen MR) is 92.5 cm³/mol. The Labute approximate surface area is 150 Å². The first kappa shape index (κ1) is 18.1. The number of hydrogen-bond acceptors (Lipinski definition) is 3. The third-order valence-corrected chi connectivity index (χ3v) is 4.55. The van der Waals surface area contributed by atoms with E-state index in [4.69, 9.17) is 4.74 Å². The van der Waals surface area contributed by atoms with Crippen molar-refractivity contribution in [3.63, 3.8) is 0 Å². The molecule has 1 aromatic heterocycles. The summed E-state index contributed by atoms with van der Waals surface area (Å²) in [4.78, 5) is 24.3. The number of carbonyl (C=O) groups is 2. The van der Waals surface area contributed by atoms with E-state index in [0.29, 0.717) is 24.4 Å². The molecule has 0 spiro atoms. The highest BCUT2D eigenvalue weighted by Crippen LogP contribution is 2.25. The van der Waals surface area contributed by atoms with Crippen molar-refractivity contribution in [3.05, 3.63) is 58.7 Å². The Bertz CT molecular complexity index is 827. The van der Waals surface area contributed by atoms with Crippen LogP contribution < -0.4 is 5.32 Å². The summed E-state index contributed by atoms with van der Waals surface area (Å²) in [5, 5.41) is 12.3. The van der Waals surface area contributed by atoms with Gasteiger partial charge in [-0.3, -0.25) is 4.79 Å². The van der Waals surface area contributed by atoms with Crippen LogP contribution in [0.1, 0.15) is 52.0 Å². The van der Waals surface area contributed by atoms with Gasteiger partial charge in [0.25, 0.3) is 5.91 Å². The molecule has 1 amide bonds. The highest BCUT2D eigenvalue weighted by Gasteiger charge is 2.27. The monoisotopic (exact) mass is 360 g/mol. The highest BCUT2D eigenvalue weighted by atomic mass is 19.1. The van der Waals surface area contributed by atoms with Gasteiger partial charge in [0.15, 0.2) is 0 Å². The van der Waals surface area contributed by atoms with Gasteiger partial charge in [0.2, 0.25) is 0 Å². The zero-order valence-electron chi connectivity index (χ0n) is 14.7. The van der Waals surface area contributed by atoms with Gasteiger partial charge in [-0.05, 0) is 29.7 Å². The van der Waals surface area contributed by atoms with E-state index in [-0.39, 0.29) is 36.0 Å². The molecule has 1 aromatic carbocycles. The molecule has 0 saturated carbocycles. The summed E-state index contributed by atoms with van der Waals surface area (Å²) < 4.78 is 20.2. The lowest BCUT2D eigenvalue weighted by Crippen LogP contribution is -2.32. The Morgan fingerprint density at radius 1 is 1.27 bits per heavy atom. The van der Waals surface area contributed by atoms with Crippen molar-refractivity contribution in [2.24, 2.45) is 5.92 Å². The number of halogens is 1. The number of carboxylic acids is 1. The van der Waals surface area contributed by atoms with Crippen LogP contribution in [0.2, 0.25) is 0 Å². The molecule has 138 valence electrons. The van der Waals surface area contributed by atoms with Gasteiger partial charge >= 0.3 is 5.97 Å². The molecule has 7 heteroatoms. The van der Waals surface area contributed by atoms with Crippen molar-refractivity contribution >= 4 is 11.9 Å². The fraction of sp³-hybridized carbons (Fsp3) is 0.368. The van der Waals surface area contributed by atoms with Crippen LogP contribution in [0.15, 0.2) is 30.3 Å². The van der Waals surface area contributed by atoms with Crippen molar-refractivity contribution in [3.8, 4) is 0 Å². The first-order valence-electron chi connectivity index (χ1n) is 8.48. The second-order valence-corrected chi connectivity index (χ2v) is 6.65. The maximum Gasteiger partial charge on any atom is 0.352 e. The number of aromatic nitrogens is 1. The molecule has 2 aromatic rings. The molecular formula is C19H21FN2O4. The largest absolute Gasteiger partial charge is 0.477 e. The second-order valence-electron chi connectivity index (χ2n) is 6.65. The fourth-order valence-electron chi connectivity index (χ4n) is 3.22. The SMILES string of the molecule is CC(C)[C@@H](NC(=O)c1cc(C(=O)O)n2c1COCC2)c1ccc(F)cc1. The minimum Gasteiger partial charge on any atom is -0.477 e. The number of carbonyl (C=O) groups excluding carboxylic acids is 1. The van der Waals surface area contributed by atoms with Crippen LogP contribution in [-0.2, 0) is 17.9 Å². The summed E-state index contributed by atoms with van der Waals surface area (Å²) in [6.07, 6.45) is 0. The molecule has 0 radical (unpaired) electrons. The van der Waals surface area contributed by atoms with E-state index in [1.54, 1.807) is 16.7 Å². The van der Waals surface area contributed by atoms with Crippen molar-refractivity contribution in [2.45, 2.75) is 33.0 Å². The number of aromatic carboxylic acids is 1. The number of amides is 1. The average Bonchev–Trinajstić information content (AvgIpc) is 3.00. The predicted octanol–water partition coefficient (Wildman–Crippen LogP) is 2.98. The number of nitrogens with zero attached hydrogens (tertiary/aromatic N) is 1. The van der Waals surface area contributed by atoms with Gasteiger partial charge in [-0.25, -0.2) is 9.18 Å². The summed E-state index contributed by atoms with van der Waals surface area (Å²) >= 11 is 0. The Morgan fingerprint density at radius 3 is 2.58 bits per heavy atom. The van der Waals surface area contributed by atoms with E-state index >= 15 is 0 Å². The van der Waals surface area contributed by atoms with Gasteiger partial charge in [0, 0.05) is 6.54 Å². The first-order chi connectivity index (χ1) is 12.4. The topological polar surface area (TPSA) is 80.6 Å². The molecule has 1 aliphatic rings. The standard InChI is InChI=1S/C19H21FN2O4/c1-11(2)17(12-3-5-13(20)6-4-12)21-18(23)14-9-15(19(24)25)22-7-8-26-10-16(14)22/h3-6,9,11,17H,7-8,10H2,1-2H3,(H,21,23)(H,24,25)/t17-/m1/s1. The van der Waals surface area contributed by atoms with Gasteiger partial charge < -0.3 is 19.7 Å². The minimum atomic E-state index is -1.08. The van der Waals surface area contributed by atoms with Gasteiger partial charge in [0.05, 0.1) is 30.5 Å². The molecule has 3 rings (SSSR count). The third kappa shape index (κ3) is 3.48. The lowest BCUT2D eigenvalue weighted by atomic mass is 9.95. The van der Waals surface area contributed by atoms with Crippen LogP contribution in [0, 0.1) is 11.7 Å². The molecule has 1 aliphatic heterocycles. The third-order valence-electron chi connectivity index (χ3n) is 4.55. The van der Waals surface area contributed by atoms with E-state index in [2.05, 4.69) is 5.32 Å². The van der Waals surface area contributed by atoms with Gasteiger partial charge in [-0.1, -0.05) is 26.0 Å². The van der Waals surface area contributed by atoms with E-state index in [0.717, 1.165) is 5.56 Å². The number of fused-ring (bicyclic) bond motifs is 1. The van der Waals surface area contributed by atoms with Crippen LogP contribution in [-0.4, -0.2) is 28.2 Å². The average molecular weight is 360 g/mol. The summed E-state index contributed by atoms with van der Waals surface area (Å²) in [6, 6.07) is 7.06. The number of hydrogen-bond donors (Lipinski definition) is 2. The fourth-order valence-corrected chi connectivity index (χ4v) is 3.22. The Balaban J connectivity index is 1.91. The maximum atomic E-state index is 13.2. The molecule has 2 heterocycles. The number of rotatable bonds is 5. The minimum absolute atomic E-state index is 0.0676. The summed E-state index contributed by atoms with van der Waals surface area (Å²) in [7, 11) is 0. The van der Waals surface area contributed by atoms with E-state index in [9.17, 15) is 19.1 Å². The highest BCUT2D eigenvalue weighted by molar-refractivity contribution is 5.99. The summed E-state index contributed by atoms with van der Waals surface area (Å²) in [5.41, 5.74) is 1.73.